The first kappa shape index (κ1) is 32.7. The Hall–Kier alpha value is -1.31. The molecule has 2 nitrogen and oxygen atoms in total. The van der Waals surface area contributed by atoms with E-state index >= 15 is 0 Å². The van der Waals surface area contributed by atoms with E-state index in [0.29, 0.717) is 13.0 Å². The lowest BCUT2D eigenvalue weighted by Crippen LogP contribution is -2.11. The number of carbonyl (C=O) groups is 1. The molecule has 1 aromatic rings. The molecule has 0 aliphatic heterocycles. The molecule has 0 saturated heterocycles. The smallest absolute Gasteiger partial charge is 0.306 e. The molecule has 1 aromatic carbocycles. The highest BCUT2D eigenvalue weighted by atomic mass is 16.5. The highest BCUT2D eigenvalue weighted by Crippen LogP contribution is 2.23. The number of benzene rings is 1. The van der Waals surface area contributed by atoms with Crippen molar-refractivity contribution in [3.05, 3.63) is 35.9 Å². The van der Waals surface area contributed by atoms with Crippen LogP contribution in [0.15, 0.2) is 30.3 Å². The fraction of sp³-hybridized carbons (Fsp3) is 0.794. The number of carbonyl (C=O) groups excluding carboxylic acids is 1. The van der Waals surface area contributed by atoms with Crippen LogP contribution in [0.5, 0.6) is 0 Å². The molecule has 0 aliphatic carbocycles. The Morgan fingerprint density at radius 2 is 1.06 bits per heavy atom. The second kappa shape index (κ2) is 25.3. The number of esters is 1. The summed E-state index contributed by atoms with van der Waals surface area (Å²) >= 11 is 0. The van der Waals surface area contributed by atoms with Crippen LogP contribution in [0.2, 0.25) is 0 Å². The molecular formula is C34H60O2. The van der Waals surface area contributed by atoms with Crippen LogP contribution in [0.25, 0.3) is 0 Å². The molecule has 0 fully saturated rings. The normalized spacial score (nSPS) is 12.1. The Morgan fingerprint density at radius 1 is 0.611 bits per heavy atom. The zero-order chi connectivity index (χ0) is 25.9. The molecule has 1 unspecified atom stereocenters. The van der Waals surface area contributed by atoms with Gasteiger partial charge in [-0.1, -0.05) is 173 Å². The van der Waals surface area contributed by atoms with E-state index in [-0.39, 0.29) is 5.97 Å². The van der Waals surface area contributed by atoms with Gasteiger partial charge in [-0.15, -0.1) is 0 Å². The Balaban J connectivity index is 2.19. The van der Waals surface area contributed by atoms with Crippen LogP contribution in [-0.4, -0.2) is 12.6 Å². The Bertz CT molecular complexity index is 582. The topological polar surface area (TPSA) is 26.3 Å². The predicted octanol–water partition coefficient (Wildman–Crippen LogP) is 11.0. The predicted molar refractivity (Wildman–Crippen MR) is 158 cm³/mol. The Labute approximate surface area is 225 Å². The lowest BCUT2D eigenvalue weighted by Gasteiger charge is -2.17. The Morgan fingerprint density at radius 3 is 1.53 bits per heavy atom. The molecule has 0 radical (unpaired) electrons. The van der Waals surface area contributed by atoms with Crippen molar-refractivity contribution >= 4 is 5.97 Å². The van der Waals surface area contributed by atoms with Gasteiger partial charge >= 0.3 is 5.97 Å². The summed E-state index contributed by atoms with van der Waals surface area (Å²) in [5, 5.41) is 0. The summed E-state index contributed by atoms with van der Waals surface area (Å²) in [7, 11) is 0. The molecule has 0 heterocycles. The molecule has 0 aromatic heterocycles. The van der Waals surface area contributed by atoms with Crippen molar-refractivity contribution in [1.29, 1.82) is 0 Å². The SMILES string of the molecule is CCCCCCCCCCCCC(CCCCCCCCCC)CCOC(=O)CCc1ccccc1. The monoisotopic (exact) mass is 500 g/mol. The summed E-state index contributed by atoms with van der Waals surface area (Å²) in [6, 6.07) is 10.2. The largest absolute Gasteiger partial charge is 0.466 e. The quantitative estimate of drug-likeness (QED) is 0.0933. The molecule has 0 saturated carbocycles. The number of unbranched alkanes of at least 4 members (excludes halogenated alkanes) is 16. The molecule has 0 N–H and O–H groups in total. The summed E-state index contributed by atoms with van der Waals surface area (Å²) in [4.78, 5) is 12.2. The fourth-order valence-electron chi connectivity index (χ4n) is 5.22. The lowest BCUT2D eigenvalue weighted by molar-refractivity contribution is -0.144. The van der Waals surface area contributed by atoms with Gasteiger partial charge in [-0.05, 0) is 24.3 Å². The zero-order valence-corrected chi connectivity index (χ0v) is 24.3. The molecule has 36 heavy (non-hydrogen) atoms. The Kier molecular flexibility index (Phi) is 23.0. The third-order valence-corrected chi connectivity index (χ3v) is 7.68. The van der Waals surface area contributed by atoms with Gasteiger partial charge in [0.25, 0.3) is 0 Å². The molecule has 0 amide bonds. The second-order valence-electron chi connectivity index (χ2n) is 11.1. The maximum absolute atomic E-state index is 12.2. The zero-order valence-electron chi connectivity index (χ0n) is 24.3. The molecule has 0 bridgehead atoms. The van der Waals surface area contributed by atoms with Crippen molar-refractivity contribution < 1.29 is 9.53 Å². The number of hydrogen-bond donors (Lipinski definition) is 0. The third-order valence-electron chi connectivity index (χ3n) is 7.68. The van der Waals surface area contributed by atoms with Crippen molar-refractivity contribution in [3.8, 4) is 0 Å². The minimum absolute atomic E-state index is 0.0383. The van der Waals surface area contributed by atoms with Gasteiger partial charge in [-0.25, -0.2) is 0 Å². The van der Waals surface area contributed by atoms with Crippen LogP contribution < -0.4 is 0 Å². The van der Waals surface area contributed by atoms with Gasteiger partial charge in [0.15, 0.2) is 0 Å². The number of rotatable bonds is 26. The standard InChI is InChI=1S/C34H60O2/c1-3-5-7-9-11-13-14-16-18-21-27-33(26-20-17-15-12-10-8-6-4-2)30-31-36-34(35)29-28-32-24-22-19-23-25-32/h19,22-25,33H,3-18,20-21,26-31H2,1-2H3. The summed E-state index contributed by atoms with van der Waals surface area (Å²) in [6.07, 6.45) is 30.0. The first-order valence-corrected chi connectivity index (χ1v) is 16.0. The van der Waals surface area contributed by atoms with Crippen molar-refractivity contribution in [2.75, 3.05) is 6.61 Å². The van der Waals surface area contributed by atoms with Crippen LogP contribution in [0.1, 0.15) is 161 Å². The minimum Gasteiger partial charge on any atom is -0.466 e. The minimum atomic E-state index is -0.0383. The summed E-state index contributed by atoms with van der Waals surface area (Å²) in [6.45, 7) is 5.18. The van der Waals surface area contributed by atoms with Gasteiger partial charge in [0.05, 0.1) is 6.61 Å². The van der Waals surface area contributed by atoms with Gasteiger partial charge in [-0.3, -0.25) is 4.79 Å². The molecule has 208 valence electrons. The van der Waals surface area contributed by atoms with Gasteiger partial charge in [-0.2, -0.15) is 0 Å². The van der Waals surface area contributed by atoms with E-state index in [1.165, 1.54) is 134 Å². The van der Waals surface area contributed by atoms with Crippen LogP contribution in [0.4, 0.5) is 0 Å². The van der Waals surface area contributed by atoms with E-state index in [1.54, 1.807) is 0 Å². The van der Waals surface area contributed by atoms with Gasteiger partial charge in [0.2, 0.25) is 0 Å². The summed E-state index contributed by atoms with van der Waals surface area (Å²) < 4.78 is 5.64. The van der Waals surface area contributed by atoms with E-state index < -0.39 is 0 Å². The van der Waals surface area contributed by atoms with Crippen LogP contribution in [0, 0.1) is 5.92 Å². The summed E-state index contributed by atoms with van der Waals surface area (Å²) in [5.41, 5.74) is 1.21. The second-order valence-corrected chi connectivity index (χ2v) is 11.1. The van der Waals surface area contributed by atoms with Crippen molar-refractivity contribution in [3.63, 3.8) is 0 Å². The molecule has 0 aliphatic rings. The van der Waals surface area contributed by atoms with Crippen molar-refractivity contribution in [2.45, 2.75) is 162 Å². The van der Waals surface area contributed by atoms with Gasteiger partial charge < -0.3 is 4.74 Å². The number of ether oxygens (including phenoxy) is 1. The molecule has 0 spiro atoms. The van der Waals surface area contributed by atoms with Crippen LogP contribution in [-0.2, 0) is 16.0 Å². The maximum atomic E-state index is 12.2. The number of hydrogen-bond acceptors (Lipinski definition) is 2. The van der Waals surface area contributed by atoms with E-state index in [4.69, 9.17) is 4.74 Å². The summed E-state index contributed by atoms with van der Waals surface area (Å²) in [5.74, 6) is 0.685. The van der Waals surface area contributed by atoms with Gasteiger partial charge in [0.1, 0.15) is 0 Å². The molecule has 2 heteroatoms. The van der Waals surface area contributed by atoms with E-state index in [1.807, 2.05) is 18.2 Å². The average molecular weight is 501 g/mol. The van der Waals surface area contributed by atoms with Crippen LogP contribution in [0.3, 0.4) is 0 Å². The third kappa shape index (κ3) is 20.8. The van der Waals surface area contributed by atoms with Gasteiger partial charge in [0, 0.05) is 6.42 Å². The number of aryl methyl sites for hydroxylation is 1. The lowest BCUT2D eigenvalue weighted by atomic mass is 9.91. The average Bonchev–Trinajstić information content (AvgIpc) is 2.90. The van der Waals surface area contributed by atoms with E-state index in [0.717, 1.165) is 18.8 Å². The molecule has 1 rings (SSSR count). The van der Waals surface area contributed by atoms with E-state index in [2.05, 4.69) is 26.0 Å². The molecular weight excluding hydrogens is 440 g/mol. The highest BCUT2D eigenvalue weighted by molar-refractivity contribution is 5.69. The first-order chi connectivity index (χ1) is 17.8. The maximum Gasteiger partial charge on any atom is 0.306 e. The van der Waals surface area contributed by atoms with Crippen LogP contribution >= 0.6 is 0 Å². The van der Waals surface area contributed by atoms with Crippen molar-refractivity contribution in [2.24, 2.45) is 5.92 Å². The highest BCUT2D eigenvalue weighted by Gasteiger charge is 2.11. The molecule has 1 atom stereocenters. The van der Waals surface area contributed by atoms with Crippen molar-refractivity contribution in [1.82, 2.24) is 0 Å². The first-order valence-electron chi connectivity index (χ1n) is 16.0. The fourth-order valence-corrected chi connectivity index (χ4v) is 5.22. The van der Waals surface area contributed by atoms with E-state index in [9.17, 15) is 4.79 Å².